The lowest BCUT2D eigenvalue weighted by Crippen LogP contribution is -2.51. The number of likely N-dealkylation sites (tertiary alicyclic amines) is 1. The van der Waals surface area contributed by atoms with E-state index in [0.717, 1.165) is 0 Å². The van der Waals surface area contributed by atoms with Crippen LogP contribution in [0.4, 0.5) is 9.52 Å². The van der Waals surface area contributed by atoms with Crippen molar-refractivity contribution in [2.24, 2.45) is 0 Å². The number of amides is 1. The monoisotopic (exact) mass is 367 g/mol. The van der Waals surface area contributed by atoms with Crippen LogP contribution in [0.2, 0.25) is 0 Å². The Kier molecular flexibility index (Phi) is 5.05. The highest BCUT2D eigenvalue weighted by atomic mass is 32.1. The van der Waals surface area contributed by atoms with E-state index in [1.807, 2.05) is 0 Å². The van der Waals surface area contributed by atoms with Crippen molar-refractivity contribution in [2.45, 2.75) is 18.6 Å². The highest BCUT2D eigenvalue weighted by Gasteiger charge is 2.33. The van der Waals surface area contributed by atoms with Crippen LogP contribution in [0.25, 0.3) is 0 Å². The number of nitrogen functional groups attached to an aromatic ring is 1. The fraction of sp³-hybridized carbons (Fsp3) is 0.375. The third-order valence-corrected chi connectivity index (χ3v) is 4.63. The van der Waals surface area contributed by atoms with Crippen molar-refractivity contribution < 1.29 is 23.8 Å². The van der Waals surface area contributed by atoms with E-state index in [9.17, 15) is 14.3 Å². The van der Waals surface area contributed by atoms with Crippen molar-refractivity contribution in [3.8, 4) is 11.5 Å². The maximum Gasteiger partial charge on any atom is 0.273 e. The Bertz CT molecular complexity index is 770. The highest BCUT2D eigenvalue weighted by Crippen LogP contribution is 2.30. The van der Waals surface area contributed by atoms with Gasteiger partial charge in [0.15, 0.2) is 16.6 Å². The zero-order chi connectivity index (χ0) is 18.0. The number of nitrogens with two attached hydrogens (primary N) is 1. The summed E-state index contributed by atoms with van der Waals surface area (Å²) in [5.41, 5.74) is 5.82. The molecule has 2 aromatic rings. The predicted octanol–water partition coefficient (Wildman–Crippen LogP) is 1.53. The molecular formula is C16H18FN3O4S. The minimum Gasteiger partial charge on any atom is -0.493 e. The van der Waals surface area contributed by atoms with Crippen LogP contribution >= 0.6 is 11.3 Å². The molecule has 0 bridgehead atoms. The lowest BCUT2D eigenvalue weighted by molar-refractivity contribution is -0.0208. The largest absolute Gasteiger partial charge is 0.493 e. The molecule has 0 saturated carbocycles. The molecule has 0 unspecified atom stereocenters. The van der Waals surface area contributed by atoms with E-state index in [1.54, 1.807) is 5.38 Å². The van der Waals surface area contributed by atoms with Crippen LogP contribution in [0.3, 0.4) is 0 Å². The van der Waals surface area contributed by atoms with Crippen molar-refractivity contribution in [3.05, 3.63) is 35.1 Å². The lowest BCUT2D eigenvalue weighted by Gasteiger charge is -2.35. The van der Waals surface area contributed by atoms with E-state index < -0.39 is 18.0 Å². The second-order valence-corrected chi connectivity index (χ2v) is 6.52. The second-order valence-electron chi connectivity index (χ2n) is 5.63. The van der Waals surface area contributed by atoms with E-state index in [0.29, 0.717) is 23.8 Å². The fourth-order valence-electron chi connectivity index (χ4n) is 2.68. The number of methoxy groups -OCH3 is 1. The number of rotatable bonds is 4. The molecule has 25 heavy (non-hydrogen) atoms. The molecule has 134 valence electrons. The summed E-state index contributed by atoms with van der Waals surface area (Å²) in [7, 11) is 1.42. The molecule has 2 atom stereocenters. The molecule has 3 N–H and O–H groups in total. The summed E-state index contributed by atoms with van der Waals surface area (Å²) in [6.07, 6.45) is -0.986. The average Bonchev–Trinajstić information content (AvgIpc) is 3.03. The Morgan fingerprint density at radius 1 is 1.48 bits per heavy atom. The number of carbonyl (C=O) groups is 1. The first kappa shape index (κ1) is 17.4. The topological polar surface area (TPSA) is 97.9 Å². The summed E-state index contributed by atoms with van der Waals surface area (Å²) in [5.74, 6) is -0.110. The van der Waals surface area contributed by atoms with Crippen molar-refractivity contribution in [2.75, 3.05) is 25.9 Å². The number of ether oxygens (including phenoxy) is 2. The van der Waals surface area contributed by atoms with Gasteiger partial charge in [-0.25, -0.2) is 9.37 Å². The van der Waals surface area contributed by atoms with E-state index >= 15 is 0 Å². The van der Waals surface area contributed by atoms with Gasteiger partial charge < -0.3 is 25.2 Å². The van der Waals surface area contributed by atoms with Gasteiger partial charge in [0.2, 0.25) is 0 Å². The molecule has 1 amide bonds. The molecule has 1 fully saturated rings. The molecule has 7 nitrogen and oxygen atoms in total. The standard InChI is InChI=1S/C16H18FN3O4S/c1-23-14-6-9(17)2-3-13(14)24-12-4-5-20(7-11(12)21)15(22)10-8-25-16(18)19-10/h2-3,6,8,11-12,21H,4-5,7H2,1H3,(H2,18,19)/t11-,12-/m1/s1. The highest BCUT2D eigenvalue weighted by molar-refractivity contribution is 7.13. The second kappa shape index (κ2) is 7.24. The average molecular weight is 367 g/mol. The number of aliphatic hydroxyl groups is 1. The number of aromatic nitrogens is 1. The quantitative estimate of drug-likeness (QED) is 0.850. The molecule has 2 heterocycles. The molecule has 1 aliphatic heterocycles. The Balaban J connectivity index is 1.65. The van der Waals surface area contributed by atoms with Crippen molar-refractivity contribution in [1.82, 2.24) is 9.88 Å². The molecule has 1 aromatic heterocycles. The maximum atomic E-state index is 13.2. The number of hydrogen-bond donors (Lipinski definition) is 2. The van der Waals surface area contributed by atoms with Crippen LogP contribution in [0, 0.1) is 5.82 Å². The van der Waals surface area contributed by atoms with Crippen LogP contribution in [-0.2, 0) is 0 Å². The third-order valence-electron chi connectivity index (χ3n) is 3.95. The lowest BCUT2D eigenvalue weighted by atomic mass is 10.0. The molecule has 9 heteroatoms. The summed E-state index contributed by atoms with van der Waals surface area (Å²) in [6.45, 7) is 0.520. The minimum atomic E-state index is -0.886. The van der Waals surface area contributed by atoms with E-state index in [-0.39, 0.29) is 23.9 Å². The van der Waals surface area contributed by atoms with Gasteiger partial charge in [0, 0.05) is 24.4 Å². The molecule has 0 spiro atoms. The van der Waals surface area contributed by atoms with Crippen LogP contribution in [0.1, 0.15) is 16.9 Å². The van der Waals surface area contributed by atoms with E-state index in [1.165, 1.54) is 41.5 Å². The molecule has 1 aromatic carbocycles. The normalized spacial score (nSPS) is 20.4. The van der Waals surface area contributed by atoms with Crippen LogP contribution in [0.15, 0.2) is 23.6 Å². The first-order valence-electron chi connectivity index (χ1n) is 7.66. The summed E-state index contributed by atoms with van der Waals surface area (Å²) in [5, 5.41) is 12.3. The van der Waals surface area contributed by atoms with Gasteiger partial charge in [0.1, 0.15) is 23.7 Å². The van der Waals surface area contributed by atoms with Gasteiger partial charge >= 0.3 is 0 Å². The molecule has 1 saturated heterocycles. The number of aliphatic hydroxyl groups excluding tert-OH is 1. The van der Waals surface area contributed by atoms with E-state index in [4.69, 9.17) is 15.2 Å². The zero-order valence-corrected chi connectivity index (χ0v) is 14.3. The maximum absolute atomic E-state index is 13.2. The number of thiazole rings is 1. The van der Waals surface area contributed by atoms with Gasteiger partial charge in [-0.1, -0.05) is 0 Å². The zero-order valence-electron chi connectivity index (χ0n) is 13.5. The number of carbonyl (C=O) groups excluding carboxylic acids is 1. The van der Waals surface area contributed by atoms with Gasteiger partial charge in [-0.2, -0.15) is 0 Å². The van der Waals surface area contributed by atoms with Gasteiger partial charge in [0.05, 0.1) is 13.7 Å². The Morgan fingerprint density at radius 3 is 2.92 bits per heavy atom. The van der Waals surface area contributed by atoms with Crippen molar-refractivity contribution in [1.29, 1.82) is 0 Å². The Morgan fingerprint density at radius 2 is 2.28 bits per heavy atom. The number of benzene rings is 1. The number of hydrogen-bond acceptors (Lipinski definition) is 7. The summed E-state index contributed by atoms with van der Waals surface area (Å²) < 4.78 is 24.1. The van der Waals surface area contributed by atoms with Crippen LogP contribution in [0.5, 0.6) is 11.5 Å². The van der Waals surface area contributed by atoms with Crippen LogP contribution < -0.4 is 15.2 Å². The van der Waals surface area contributed by atoms with Gasteiger partial charge in [0.25, 0.3) is 5.91 Å². The first-order chi connectivity index (χ1) is 12.0. The fourth-order valence-corrected chi connectivity index (χ4v) is 3.22. The Labute approximate surface area is 147 Å². The summed E-state index contributed by atoms with van der Waals surface area (Å²) in [6, 6.07) is 3.93. The van der Waals surface area contributed by atoms with Gasteiger partial charge in [-0.15, -0.1) is 11.3 Å². The molecule has 0 radical (unpaired) electrons. The Hall–Kier alpha value is -2.39. The summed E-state index contributed by atoms with van der Waals surface area (Å²) >= 11 is 1.19. The molecule has 0 aliphatic carbocycles. The van der Waals surface area contributed by atoms with Crippen molar-refractivity contribution in [3.63, 3.8) is 0 Å². The third kappa shape index (κ3) is 3.83. The van der Waals surface area contributed by atoms with Gasteiger partial charge in [-0.3, -0.25) is 4.79 Å². The SMILES string of the molecule is COc1cc(F)ccc1O[C@@H]1CCN(C(=O)c2csc(N)n2)C[C@H]1O. The summed E-state index contributed by atoms with van der Waals surface area (Å²) in [4.78, 5) is 17.8. The number of anilines is 1. The number of β-amino-alcohol motifs (C(OH)–C–C–N with tert-alkyl or cyclic N) is 1. The minimum absolute atomic E-state index is 0.116. The van der Waals surface area contributed by atoms with E-state index in [2.05, 4.69) is 4.98 Å². The van der Waals surface area contributed by atoms with Crippen LogP contribution in [-0.4, -0.2) is 53.3 Å². The first-order valence-corrected chi connectivity index (χ1v) is 8.54. The number of piperidine rings is 1. The molecule has 1 aliphatic rings. The number of nitrogens with zero attached hydrogens (tertiary/aromatic N) is 2. The van der Waals surface area contributed by atoms with Gasteiger partial charge in [-0.05, 0) is 12.1 Å². The molecule has 3 rings (SSSR count). The molecular weight excluding hydrogens is 349 g/mol. The smallest absolute Gasteiger partial charge is 0.273 e. The van der Waals surface area contributed by atoms with Crippen molar-refractivity contribution >= 4 is 22.4 Å². The predicted molar refractivity (Wildman–Crippen MR) is 90.4 cm³/mol. The number of halogens is 1.